The summed E-state index contributed by atoms with van der Waals surface area (Å²) in [4.78, 5) is 62.7. The molecule has 4 rings (SSSR count). The van der Waals surface area contributed by atoms with Crippen molar-refractivity contribution in [1.82, 2.24) is 4.90 Å². The van der Waals surface area contributed by atoms with Crippen LogP contribution in [0.25, 0.3) is 0 Å². The molecule has 1 aliphatic carbocycles. The number of rotatable bonds is 6. The second-order valence-electron chi connectivity index (χ2n) is 8.30. The highest BCUT2D eigenvalue weighted by atomic mass is 16.2. The number of Topliss-reactive ketones (excluding diaryl/α,β-unsaturated/α-hetero) is 3. The van der Waals surface area contributed by atoms with E-state index in [0.29, 0.717) is 19.3 Å². The van der Waals surface area contributed by atoms with E-state index in [-0.39, 0.29) is 47.7 Å². The summed E-state index contributed by atoms with van der Waals surface area (Å²) in [5, 5.41) is 0. The van der Waals surface area contributed by atoms with E-state index in [0.717, 1.165) is 21.6 Å². The van der Waals surface area contributed by atoms with E-state index < -0.39 is 17.9 Å². The SMILES string of the molecule is Cc1ccc(CC(=O)CCc2ccc3c(c2)C(=O)N(C2CCC(=O)CC2=O)C3=O)cc1. The molecule has 2 amide bonds. The van der Waals surface area contributed by atoms with Crippen molar-refractivity contribution in [2.24, 2.45) is 0 Å². The van der Waals surface area contributed by atoms with E-state index in [2.05, 4.69) is 0 Å². The fourth-order valence-electron chi connectivity index (χ4n) is 4.18. The minimum absolute atomic E-state index is 0.103. The summed E-state index contributed by atoms with van der Waals surface area (Å²) in [7, 11) is 0. The van der Waals surface area contributed by atoms with E-state index in [1.54, 1.807) is 18.2 Å². The molecule has 1 unspecified atom stereocenters. The Labute approximate surface area is 180 Å². The lowest BCUT2D eigenvalue weighted by Crippen LogP contribution is -2.47. The lowest BCUT2D eigenvalue weighted by molar-refractivity contribution is -0.132. The number of aryl methyl sites for hydroxylation is 2. The van der Waals surface area contributed by atoms with Crippen LogP contribution in [-0.2, 0) is 27.2 Å². The molecule has 2 aromatic carbocycles. The van der Waals surface area contributed by atoms with Crippen LogP contribution in [0.5, 0.6) is 0 Å². The quantitative estimate of drug-likeness (QED) is 0.532. The molecular weight excluding hydrogens is 394 g/mol. The molecule has 0 bridgehead atoms. The summed E-state index contributed by atoms with van der Waals surface area (Å²) in [6.07, 6.45) is 1.31. The minimum Gasteiger partial charge on any atom is -0.299 e. The maximum Gasteiger partial charge on any atom is 0.262 e. The van der Waals surface area contributed by atoms with Gasteiger partial charge in [0.25, 0.3) is 11.8 Å². The second-order valence-corrected chi connectivity index (χ2v) is 8.30. The van der Waals surface area contributed by atoms with E-state index in [1.807, 2.05) is 31.2 Å². The van der Waals surface area contributed by atoms with Crippen molar-refractivity contribution in [2.75, 3.05) is 0 Å². The zero-order valence-corrected chi connectivity index (χ0v) is 17.3. The van der Waals surface area contributed by atoms with Gasteiger partial charge in [-0.05, 0) is 43.0 Å². The van der Waals surface area contributed by atoms with Gasteiger partial charge in [-0.1, -0.05) is 35.9 Å². The van der Waals surface area contributed by atoms with E-state index in [9.17, 15) is 24.0 Å². The molecule has 0 spiro atoms. The van der Waals surface area contributed by atoms with E-state index in [4.69, 9.17) is 0 Å². The molecule has 1 aliphatic heterocycles. The average Bonchev–Trinajstić information content (AvgIpc) is 2.98. The third-order valence-electron chi connectivity index (χ3n) is 5.95. The average molecular weight is 417 g/mol. The Morgan fingerprint density at radius 1 is 0.935 bits per heavy atom. The monoisotopic (exact) mass is 417 g/mol. The largest absolute Gasteiger partial charge is 0.299 e. The topological polar surface area (TPSA) is 88.6 Å². The standard InChI is InChI=1S/C25H23NO5/c1-15-2-4-16(5-3-15)12-18(27)8-6-17-7-10-20-21(13-17)25(31)26(24(20)30)22-11-9-19(28)14-23(22)29/h2-5,7,10,13,22H,6,8-9,11-12,14H2,1H3. The summed E-state index contributed by atoms with van der Waals surface area (Å²) in [6.45, 7) is 2.00. The number of carbonyl (C=O) groups is 5. The molecule has 0 saturated heterocycles. The van der Waals surface area contributed by atoms with E-state index >= 15 is 0 Å². The predicted molar refractivity (Wildman–Crippen MR) is 113 cm³/mol. The van der Waals surface area contributed by atoms with Crippen molar-refractivity contribution in [3.8, 4) is 0 Å². The van der Waals surface area contributed by atoms with Crippen molar-refractivity contribution >= 4 is 29.2 Å². The number of amides is 2. The van der Waals surface area contributed by atoms with Crippen molar-refractivity contribution in [1.29, 1.82) is 0 Å². The van der Waals surface area contributed by atoms with Gasteiger partial charge < -0.3 is 0 Å². The zero-order chi connectivity index (χ0) is 22.1. The lowest BCUT2D eigenvalue weighted by atomic mass is 9.92. The summed E-state index contributed by atoms with van der Waals surface area (Å²) >= 11 is 0. The van der Waals surface area contributed by atoms with Crippen molar-refractivity contribution in [3.63, 3.8) is 0 Å². The first-order chi connectivity index (χ1) is 14.8. The summed E-state index contributed by atoms with van der Waals surface area (Å²) in [5.41, 5.74) is 3.44. The molecule has 1 fully saturated rings. The molecule has 2 aliphatic rings. The number of benzene rings is 2. The molecule has 6 nitrogen and oxygen atoms in total. The number of imide groups is 1. The number of carbonyl (C=O) groups excluding carboxylic acids is 5. The molecule has 1 heterocycles. The van der Waals surface area contributed by atoms with Gasteiger partial charge in [0, 0.05) is 19.3 Å². The first kappa shape index (κ1) is 20.8. The highest BCUT2D eigenvalue weighted by Gasteiger charge is 2.44. The van der Waals surface area contributed by atoms with Crippen LogP contribution in [0.2, 0.25) is 0 Å². The van der Waals surface area contributed by atoms with Crippen LogP contribution in [0.4, 0.5) is 0 Å². The third kappa shape index (κ3) is 4.24. The van der Waals surface area contributed by atoms with Gasteiger partial charge >= 0.3 is 0 Å². The second kappa shape index (κ2) is 8.38. The van der Waals surface area contributed by atoms with Crippen LogP contribution in [0.1, 0.15) is 63.1 Å². The highest BCUT2D eigenvalue weighted by Crippen LogP contribution is 2.30. The van der Waals surface area contributed by atoms with Crippen molar-refractivity contribution in [3.05, 3.63) is 70.3 Å². The Balaban J connectivity index is 1.43. The summed E-state index contributed by atoms with van der Waals surface area (Å²) < 4.78 is 0. The van der Waals surface area contributed by atoms with Gasteiger partial charge in [-0.15, -0.1) is 0 Å². The fourth-order valence-corrected chi connectivity index (χ4v) is 4.18. The maximum absolute atomic E-state index is 12.9. The van der Waals surface area contributed by atoms with Gasteiger partial charge in [-0.25, -0.2) is 0 Å². The first-order valence-electron chi connectivity index (χ1n) is 10.5. The number of ketones is 3. The minimum atomic E-state index is -0.871. The normalized spacial score (nSPS) is 18.5. The van der Waals surface area contributed by atoms with Crippen LogP contribution >= 0.6 is 0 Å². The van der Waals surface area contributed by atoms with Gasteiger partial charge in [-0.2, -0.15) is 0 Å². The zero-order valence-electron chi connectivity index (χ0n) is 17.3. The van der Waals surface area contributed by atoms with Crippen LogP contribution in [0.3, 0.4) is 0 Å². The highest BCUT2D eigenvalue weighted by molar-refractivity contribution is 6.23. The number of fused-ring (bicyclic) bond motifs is 1. The Kier molecular flexibility index (Phi) is 5.63. The molecule has 1 saturated carbocycles. The molecule has 2 aromatic rings. The summed E-state index contributed by atoms with van der Waals surface area (Å²) in [5.74, 6) is -1.43. The first-order valence-corrected chi connectivity index (χ1v) is 10.5. The fraction of sp³-hybridized carbons (Fsp3) is 0.320. The molecule has 0 aromatic heterocycles. The maximum atomic E-state index is 12.9. The van der Waals surface area contributed by atoms with E-state index in [1.165, 1.54) is 0 Å². The molecular formula is C25H23NO5. The van der Waals surface area contributed by atoms with Crippen LogP contribution in [-0.4, -0.2) is 40.1 Å². The molecule has 6 heteroatoms. The molecule has 158 valence electrons. The van der Waals surface area contributed by atoms with Crippen LogP contribution in [0.15, 0.2) is 42.5 Å². The van der Waals surface area contributed by atoms with Crippen molar-refractivity contribution in [2.45, 2.75) is 51.5 Å². The van der Waals surface area contributed by atoms with Crippen LogP contribution < -0.4 is 0 Å². The molecule has 31 heavy (non-hydrogen) atoms. The predicted octanol–water partition coefficient (Wildman–Crippen LogP) is 3.03. The smallest absolute Gasteiger partial charge is 0.262 e. The Morgan fingerprint density at radius 3 is 2.32 bits per heavy atom. The number of nitrogens with zero attached hydrogens (tertiary/aromatic N) is 1. The van der Waals surface area contributed by atoms with Gasteiger partial charge in [0.1, 0.15) is 11.6 Å². The molecule has 0 radical (unpaired) electrons. The number of hydrogen-bond donors (Lipinski definition) is 0. The van der Waals surface area contributed by atoms with Gasteiger partial charge in [0.05, 0.1) is 23.6 Å². The Bertz CT molecular complexity index is 1100. The van der Waals surface area contributed by atoms with Crippen LogP contribution in [0, 0.1) is 6.92 Å². The molecule has 1 atom stereocenters. The lowest BCUT2D eigenvalue weighted by Gasteiger charge is -2.27. The third-order valence-corrected chi connectivity index (χ3v) is 5.95. The van der Waals surface area contributed by atoms with Gasteiger partial charge in [0.15, 0.2) is 5.78 Å². The van der Waals surface area contributed by atoms with Crippen molar-refractivity contribution < 1.29 is 24.0 Å². The summed E-state index contributed by atoms with van der Waals surface area (Å²) in [6, 6.07) is 12.0. The van der Waals surface area contributed by atoms with Gasteiger partial charge in [-0.3, -0.25) is 28.9 Å². The Morgan fingerprint density at radius 2 is 1.61 bits per heavy atom. The van der Waals surface area contributed by atoms with Gasteiger partial charge in [0.2, 0.25) is 0 Å². The Hall–Kier alpha value is -3.41. The number of hydrogen-bond acceptors (Lipinski definition) is 5. The molecule has 0 N–H and O–H groups in total.